The molecule has 8 nitrogen and oxygen atoms in total. The fraction of sp³-hybridized carbons (Fsp3) is 0.261. The number of methoxy groups -OCH3 is 2. The zero-order valence-electron chi connectivity index (χ0n) is 18.1. The monoisotopic (exact) mass is 457 g/mol. The number of anilines is 2. The van der Waals surface area contributed by atoms with Crippen molar-refractivity contribution in [3.05, 3.63) is 60.3 Å². The molecule has 0 aliphatic carbocycles. The summed E-state index contributed by atoms with van der Waals surface area (Å²) in [4.78, 5) is 19.8. The van der Waals surface area contributed by atoms with Crippen LogP contribution in [0.3, 0.4) is 0 Å². The minimum Gasteiger partial charge on any atom is -0.493 e. The van der Waals surface area contributed by atoms with Crippen molar-refractivity contribution in [2.24, 2.45) is 5.73 Å². The number of hydrogen-bond acceptors (Lipinski definition) is 7. The van der Waals surface area contributed by atoms with E-state index in [0.717, 1.165) is 28.9 Å². The third-order valence-electron chi connectivity index (χ3n) is 4.66. The Morgan fingerprint density at radius 3 is 2.56 bits per heavy atom. The molecule has 3 rings (SSSR count). The molecule has 0 aliphatic heterocycles. The molecule has 0 saturated heterocycles. The van der Waals surface area contributed by atoms with Gasteiger partial charge in [-0.05, 0) is 42.3 Å². The molecule has 0 saturated carbocycles. The first-order valence-electron chi connectivity index (χ1n) is 9.99. The maximum Gasteiger partial charge on any atom is 0.223 e. The van der Waals surface area contributed by atoms with Gasteiger partial charge in [-0.1, -0.05) is 18.2 Å². The van der Waals surface area contributed by atoms with Crippen LogP contribution in [0.15, 0.2) is 54.7 Å². The molecule has 170 valence electrons. The Hall–Kier alpha value is -3.52. The standard InChI is InChI=1S/C23H27N5O3.ClH/c1-30-20-7-6-16(14-21(20)31-2)8-11-26-23-27-12-9-19(28-23)17-4-3-5-18(15-17)25-13-10-22(24)29;/h3-7,9,12,14-15,25H,8,10-11,13H2,1-2H3,(H2,24,29)(H,26,27,28);1H. The average Bonchev–Trinajstić information content (AvgIpc) is 2.79. The Balaban J connectivity index is 0.00000363. The molecule has 1 aromatic heterocycles. The van der Waals surface area contributed by atoms with Gasteiger partial charge in [0.2, 0.25) is 11.9 Å². The molecule has 4 N–H and O–H groups in total. The molecule has 0 unspecified atom stereocenters. The Kier molecular flexibility index (Phi) is 9.56. The second-order valence-corrected chi connectivity index (χ2v) is 6.86. The van der Waals surface area contributed by atoms with Gasteiger partial charge in [0.05, 0.1) is 19.9 Å². The van der Waals surface area contributed by atoms with Crippen LogP contribution in [-0.2, 0) is 11.2 Å². The molecular weight excluding hydrogens is 430 g/mol. The van der Waals surface area contributed by atoms with Crippen LogP contribution in [-0.4, -0.2) is 43.2 Å². The molecule has 0 atom stereocenters. The highest BCUT2D eigenvalue weighted by Crippen LogP contribution is 2.27. The Morgan fingerprint density at radius 2 is 1.81 bits per heavy atom. The number of amides is 1. The van der Waals surface area contributed by atoms with E-state index in [0.29, 0.717) is 30.5 Å². The number of primary amides is 1. The molecule has 2 aromatic carbocycles. The van der Waals surface area contributed by atoms with Crippen LogP contribution in [0.5, 0.6) is 11.5 Å². The largest absolute Gasteiger partial charge is 0.493 e. The highest BCUT2D eigenvalue weighted by Gasteiger charge is 2.06. The van der Waals surface area contributed by atoms with Gasteiger partial charge in [-0.3, -0.25) is 4.79 Å². The van der Waals surface area contributed by atoms with Crippen molar-refractivity contribution in [2.75, 3.05) is 37.9 Å². The molecule has 1 amide bonds. The van der Waals surface area contributed by atoms with Crippen LogP contribution in [0, 0.1) is 0 Å². The van der Waals surface area contributed by atoms with Crippen LogP contribution in [0.2, 0.25) is 0 Å². The van der Waals surface area contributed by atoms with E-state index < -0.39 is 0 Å². The van der Waals surface area contributed by atoms with Crippen molar-refractivity contribution in [2.45, 2.75) is 12.8 Å². The zero-order chi connectivity index (χ0) is 22.1. The molecule has 0 fully saturated rings. The van der Waals surface area contributed by atoms with Gasteiger partial charge >= 0.3 is 0 Å². The summed E-state index contributed by atoms with van der Waals surface area (Å²) < 4.78 is 10.6. The Bertz CT molecular complexity index is 1030. The van der Waals surface area contributed by atoms with Crippen LogP contribution in [0.25, 0.3) is 11.3 Å². The maximum atomic E-state index is 10.9. The second-order valence-electron chi connectivity index (χ2n) is 6.86. The van der Waals surface area contributed by atoms with Gasteiger partial charge in [0.15, 0.2) is 11.5 Å². The molecular formula is C23H28ClN5O3. The predicted molar refractivity (Wildman–Crippen MR) is 129 cm³/mol. The van der Waals surface area contributed by atoms with Crippen molar-refractivity contribution in [3.63, 3.8) is 0 Å². The predicted octanol–water partition coefficient (Wildman–Crippen LogP) is 3.52. The quantitative estimate of drug-likeness (QED) is 0.404. The number of benzene rings is 2. The number of nitrogens with zero attached hydrogens (tertiary/aromatic N) is 2. The van der Waals surface area contributed by atoms with Gasteiger partial charge in [0, 0.05) is 37.0 Å². The molecule has 3 aromatic rings. The number of aromatic nitrogens is 2. The number of hydrogen-bond donors (Lipinski definition) is 3. The minimum atomic E-state index is -0.330. The first kappa shape index (κ1) is 24.7. The van der Waals surface area contributed by atoms with Gasteiger partial charge in [-0.25, -0.2) is 9.97 Å². The number of nitrogens with two attached hydrogens (primary N) is 1. The number of nitrogens with one attached hydrogen (secondary N) is 2. The van der Waals surface area contributed by atoms with Crippen molar-refractivity contribution in [3.8, 4) is 22.8 Å². The van der Waals surface area contributed by atoms with E-state index in [1.54, 1.807) is 20.4 Å². The average molecular weight is 458 g/mol. The second kappa shape index (κ2) is 12.4. The van der Waals surface area contributed by atoms with Crippen molar-refractivity contribution in [1.29, 1.82) is 0 Å². The summed E-state index contributed by atoms with van der Waals surface area (Å²) >= 11 is 0. The summed E-state index contributed by atoms with van der Waals surface area (Å²) in [5.41, 5.74) is 8.97. The lowest BCUT2D eigenvalue weighted by molar-refractivity contribution is -0.117. The SMILES string of the molecule is COc1ccc(CCNc2nccc(-c3cccc(NCCC(N)=O)c3)n2)cc1OC.Cl. The maximum absolute atomic E-state index is 10.9. The van der Waals surface area contributed by atoms with E-state index in [4.69, 9.17) is 15.2 Å². The van der Waals surface area contributed by atoms with Gasteiger partial charge in [0.1, 0.15) is 0 Å². The van der Waals surface area contributed by atoms with E-state index >= 15 is 0 Å². The van der Waals surface area contributed by atoms with E-state index in [2.05, 4.69) is 20.6 Å². The summed E-state index contributed by atoms with van der Waals surface area (Å²) in [7, 11) is 3.25. The molecule has 9 heteroatoms. The lowest BCUT2D eigenvalue weighted by atomic mass is 10.1. The fourth-order valence-electron chi connectivity index (χ4n) is 3.08. The number of carbonyl (C=O) groups excluding carboxylic acids is 1. The first-order chi connectivity index (χ1) is 15.1. The number of ether oxygens (including phenoxy) is 2. The molecule has 0 radical (unpaired) electrons. The van der Waals surface area contributed by atoms with E-state index in [9.17, 15) is 4.79 Å². The van der Waals surface area contributed by atoms with Crippen LogP contribution in [0.1, 0.15) is 12.0 Å². The smallest absolute Gasteiger partial charge is 0.223 e. The Labute approximate surface area is 194 Å². The summed E-state index contributed by atoms with van der Waals surface area (Å²) in [5.74, 6) is 1.65. The molecule has 0 spiro atoms. The highest BCUT2D eigenvalue weighted by atomic mass is 35.5. The number of halogens is 1. The van der Waals surface area contributed by atoms with Crippen LogP contribution < -0.4 is 25.8 Å². The van der Waals surface area contributed by atoms with E-state index in [1.165, 1.54) is 0 Å². The summed E-state index contributed by atoms with van der Waals surface area (Å²) in [6, 6.07) is 15.6. The normalized spacial score (nSPS) is 10.1. The molecule has 1 heterocycles. The van der Waals surface area contributed by atoms with E-state index in [1.807, 2.05) is 48.5 Å². The molecule has 0 aliphatic rings. The van der Waals surface area contributed by atoms with Gasteiger partial charge in [-0.15, -0.1) is 12.4 Å². The van der Waals surface area contributed by atoms with Crippen molar-refractivity contribution >= 4 is 29.9 Å². The third-order valence-corrected chi connectivity index (χ3v) is 4.66. The number of carbonyl (C=O) groups is 1. The Morgan fingerprint density at radius 1 is 1.00 bits per heavy atom. The van der Waals surface area contributed by atoms with Crippen LogP contribution in [0.4, 0.5) is 11.6 Å². The molecule has 32 heavy (non-hydrogen) atoms. The van der Waals surface area contributed by atoms with E-state index in [-0.39, 0.29) is 24.7 Å². The van der Waals surface area contributed by atoms with Crippen molar-refractivity contribution in [1.82, 2.24) is 9.97 Å². The summed E-state index contributed by atoms with van der Waals surface area (Å²) in [5, 5.41) is 6.46. The van der Waals surface area contributed by atoms with Crippen molar-refractivity contribution < 1.29 is 14.3 Å². The van der Waals surface area contributed by atoms with Gasteiger partial charge in [-0.2, -0.15) is 0 Å². The summed E-state index contributed by atoms with van der Waals surface area (Å²) in [6.07, 6.45) is 2.80. The van der Waals surface area contributed by atoms with Gasteiger partial charge < -0.3 is 25.8 Å². The lowest BCUT2D eigenvalue weighted by Crippen LogP contribution is -2.15. The minimum absolute atomic E-state index is 0. The fourth-order valence-corrected chi connectivity index (χ4v) is 3.08. The lowest BCUT2D eigenvalue weighted by Gasteiger charge is -2.11. The van der Waals surface area contributed by atoms with Crippen LogP contribution >= 0.6 is 12.4 Å². The zero-order valence-corrected chi connectivity index (χ0v) is 18.9. The topological polar surface area (TPSA) is 111 Å². The summed E-state index contributed by atoms with van der Waals surface area (Å²) in [6.45, 7) is 1.17. The van der Waals surface area contributed by atoms with Gasteiger partial charge in [0.25, 0.3) is 0 Å². The highest BCUT2D eigenvalue weighted by molar-refractivity contribution is 5.85. The first-order valence-corrected chi connectivity index (χ1v) is 9.99. The number of rotatable bonds is 11. The third kappa shape index (κ3) is 7.02. The molecule has 0 bridgehead atoms.